The number of rotatable bonds is 16. The third-order valence-corrected chi connectivity index (χ3v) is 11.4. The molecule has 0 aliphatic rings. The second-order valence-electron chi connectivity index (χ2n) is 20.7. The van der Waals surface area contributed by atoms with Crippen LogP contribution in [0.15, 0.2) is 77.8 Å². The van der Waals surface area contributed by atoms with Gasteiger partial charge in [-0.3, -0.25) is 4.99 Å². The Hall–Kier alpha value is -4.62. The number of aliphatic hydroxyl groups is 1. The summed E-state index contributed by atoms with van der Waals surface area (Å²) in [5, 5.41) is 25.6. The zero-order valence-electron chi connectivity index (χ0n) is 40.0. The highest BCUT2D eigenvalue weighted by Gasteiger charge is 2.45. The van der Waals surface area contributed by atoms with Crippen molar-refractivity contribution in [3.05, 3.63) is 123 Å². The van der Waals surface area contributed by atoms with E-state index in [2.05, 4.69) is 133 Å². The normalized spacial score (nSPS) is 13.4. The Balaban J connectivity index is 2.28. The van der Waals surface area contributed by atoms with Gasteiger partial charge >= 0.3 is 5.97 Å². The van der Waals surface area contributed by atoms with Crippen LogP contribution < -0.4 is 9.47 Å². The standard InChI is InChI=1S/C54H75NO6/c1-16-18-27-60-47-41(50(3,4)5)31-39(32-42(47)51(6,7)8)54(58,40-33-43(52(9,10)11)48(61-28-19-17-2)44(34-40)53(12,13)14)46(29-36-23-21-20-22-24-36)55-35-38-30-37(49(57)59-15)25-26-45(38)56/h20-26,30-35,46,56,58H,16-19,27-29H2,1-15H3. The van der Waals surface area contributed by atoms with Crippen LogP contribution in [0.4, 0.5) is 0 Å². The van der Waals surface area contributed by atoms with Crippen LogP contribution in [0, 0.1) is 0 Å². The number of esters is 1. The Bertz CT molecular complexity index is 1960. The van der Waals surface area contributed by atoms with Crippen molar-refractivity contribution in [3.8, 4) is 17.2 Å². The van der Waals surface area contributed by atoms with Crippen LogP contribution in [0.25, 0.3) is 0 Å². The predicted octanol–water partition coefficient (Wildman–Crippen LogP) is 12.7. The summed E-state index contributed by atoms with van der Waals surface area (Å²) in [6, 6.07) is 22.4. The molecule has 4 aromatic carbocycles. The first-order valence-corrected chi connectivity index (χ1v) is 22.2. The molecule has 0 saturated heterocycles. The number of phenolic OH excluding ortho intramolecular Hbond substituents is 1. The molecule has 0 saturated carbocycles. The summed E-state index contributed by atoms with van der Waals surface area (Å²) in [4.78, 5) is 17.9. The van der Waals surface area contributed by atoms with Gasteiger partial charge in [0.1, 0.15) is 22.8 Å². The molecule has 4 aromatic rings. The minimum absolute atomic E-state index is 0.0457. The van der Waals surface area contributed by atoms with Gasteiger partial charge < -0.3 is 24.4 Å². The molecular formula is C54H75NO6. The van der Waals surface area contributed by atoms with E-state index in [1.807, 2.05) is 18.2 Å². The SMILES string of the molecule is CCCCOc1c(C(C)(C)C)cc(C(O)(c2cc(C(C)(C)C)c(OCCCC)c(C(C)(C)C)c2)C(Cc2ccccc2)N=Cc2cc(C(=O)OC)ccc2O)cc1C(C)(C)C. The van der Waals surface area contributed by atoms with E-state index in [0.717, 1.165) is 65.0 Å². The van der Waals surface area contributed by atoms with Crippen LogP contribution in [0.1, 0.15) is 177 Å². The van der Waals surface area contributed by atoms with Gasteiger partial charge in [0.2, 0.25) is 0 Å². The van der Waals surface area contributed by atoms with Crippen LogP contribution >= 0.6 is 0 Å². The Morgan fingerprint density at radius 3 is 1.46 bits per heavy atom. The molecule has 332 valence electrons. The Morgan fingerprint density at radius 2 is 1.08 bits per heavy atom. The van der Waals surface area contributed by atoms with E-state index < -0.39 is 17.6 Å². The lowest BCUT2D eigenvalue weighted by atomic mass is 9.70. The van der Waals surface area contributed by atoms with E-state index in [0.29, 0.717) is 36.3 Å². The zero-order valence-corrected chi connectivity index (χ0v) is 40.0. The predicted molar refractivity (Wildman–Crippen MR) is 252 cm³/mol. The molecule has 0 aliphatic carbocycles. The van der Waals surface area contributed by atoms with Crippen molar-refractivity contribution in [1.29, 1.82) is 0 Å². The number of hydrogen-bond acceptors (Lipinski definition) is 7. The number of phenols is 1. The average Bonchev–Trinajstić information content (AvgIpc) is 3.18. The maximum Gasteiger partial charge on any atom is 0.337 e. The maximum atomic E-state index is 14.4. The van der Waals surface area contributed by atoms with Gasteiger partial charge in [0.05, 0.1) is 31.9 Å². The fraction of sp³-hybridized carbons (Fsp3) is 0.519. The summed E-state index contributed by atoms with van der Waals surface area (Å²) in [6.45, 7) is 31.8. The summed E-state index contributed by atoms with van der Waals surface area (Å²) in [5.74, 6) is 1.15. The van der Waals surface area contributed by atoms with Crippen molar-refractivity contribution in [2.24, 2.45) is 4.99 Å². The molecule has 0 spiro atoms. The summed E-state index contributed by atoms with van der Waals surface area (Å²) in [5.41, 5.74) is 3.78. The quantitative estimate of drug-likeness (QED) is 0.0663. The molecule has 0 aliphatic heterocycles. The first kappa shape index (κ1) is 49.0. The number of benzene rings is 4. The topological polar surface area (TPSA) is 97.6 Å². The number of aliphatic imine (C=N–C) groups is 1. The molecule has 2 N–H and O–H groups in total. The molecule has 0 fully saturated rings. The summed E-state index contributed by atoms with van der Waals surface area (Å²) in [6.07, 6.45) is 5.79. The van der Waals surface area contributed by atoms with Gasteiger partial charge in [0.25, 0.3) is 0 Å². The minimum Gasteiger partial charge on any atom is -0.507 e. The van der Waals surface area contributed by atoms with Gasteiger partial charge in [-0.1, -0.05) is 140 Å². The molecule has 0 radical (unpaired) electrons. The Kier molecular flexibility index (Phi) is 15.8. The number of hydrogen-bond donors (Lipinski definition) is 2. The third kappa shape index (κ3) is 11.9. The van der Waals surface area contributed by atoms with Crippen LogP contribution in [0.3, 0.4) is 0 Å². The second-order valence-corrected chi connectivity index (χ2v) is 20.7. The summed E-state index contributed by atoms with van der Waals surface area (Å²) < 4.78 is 18.5. The van der Waals surface area contributed by atoms with Gasteiger partial charge in [-0.25, -0.2) is 4.79 Å². The van der Waals surface area contributed by atoms with E-state index in [1.165, 1.54) is 19.2 Å². The fourth-order valence-electron chi connectivity index (χ4n) is 7.64. The summed E-state index contributed by atoms with van der Waals surface area (Å²) >= 11 is 0. The molecule has 0 amide bonds. The van der Waals surface area contributed by atoms with E-state index in [9.17, 15) is 15.0 Å². The largest absolute Gasteiger partial charge is 0.507 e. The molecule has 0 aromatic heterocycles. The molecule has 0 heterocycles. The third-order valence-electron chi connectivity index (χ3n) is 11.4. The monoisotopic (exact) mass is 834 g/mol. The lowest BCUT2D eigenvalue weighted by molar-refractivity contribution is 0.0520. The van der Waals surface area contributed by atoms with Crippen molar-refractivity contribution in [1.82, 2.24) is 0 Å². The fourth-order valence-corrected chi connectivity index (χ4v) is 7.64. The van der Waals surface area contributed by atoms with Gasteiger partial charge in [0.15, 0.2) is 0 Å². The number of methoxy groups -OCH3 is 1. The number of nitrogens with zero attached hydrogens (tertiary/aromatic N) is 1. The number of ether oxygens (including phenoxy) is 3. The first-order valence-electron chi connectivity index (χ1n) is 22.2. The Labute approximate surface area is 368 Å². The maximum absolute atomic E-state index is 14.4. The molecule has 1 unspecified atom stereocenters. The van der Waals surface area contributed by atoms with Gasteiger partial charge in [-0.05, 0) is 100 Å². The molecule has 1 atom stereocenters. The highest BCUT2D eigenvalue weighted by molar-refractivity contribution is 5.93. The average molecular weight is 834 g/mol. The molecule has 7 heteroatoms. The molecule has 4 rings (SSSR count). The van der Waals surface area contributed by atoms with Crippen LogP contribution in [-0.4, -0.2) is 48.8 Å². The van der Waals surface area contributed by atoms with Gasteiger partial charge in [-0.15, -0.1) is 0 Å². The Morgan fingerprint density at radius 1 is 0.656 bits per heavy atom. The van der Waals surface area contributed by atoms with Crippen molar-refractivity contribution < 1.29 is 29.2 Å². The number of carbonyl (C=O) groups excluding carboxylic acids is 1. The second kappa shape index (κ2) is 19.6. The lowest BCUT2D eigenvalue weighted by Crippen LogP contribution is -2.42. The molecule has 0 bridgehead atoms. The minimum atomic E-state index is -1.76. The summed E-state index contributed by atoms with van der Waals surface area (Å²) in [7, 11) is 1.33. The van der Waals surface area contributed by atoms with Crippen LogP contribution in [-0.2, 0) is 38.4 Å². The van der Waals surface area contributed by atoms with Crippen molar-refractivity contribution in [2.75, 3.05) is 20.3 Å². The highest BCUT2D eigenvalue weighted by atomic mass is 16.5. The van der Waals surface area contributed by atoms with E-state index >= 15 is 0 Å². The van der Waals surface area contributed by atoms with Crippen molar-refractivity contribution in [3.63, 3.8) is 0 Å². The van der Waals surface area contributed by atoms with Crippen molar-refractivity contribution in [2.45, 2.75) is 162 Å². The highest BCUT2D eigenvalue weighted by Crippen LogP contribution is 2.49. The molecular weight excluding hydrogens is 759 g/mol. The molecule has 7 nitrogen and oxygen atoms in total. The molecule has 61 heavy (non-hydrogen) atoms. The zero-order chi connectivity index (χ0) is 45.6. The van der Waals surface area contributed by atoms with E-state index in [-0.39, 0.29) is 33.0 Å². The first-order chi connectivity index (χ1) is 28.4. The van der Waals surface area contributed by atoms with E-state index in [1.54, 1.807) is 12.3 Å². The number of unbranched alkanes of at least 4 members (excludes halogenated alkanes) is 2. The number of aromatic hydroxyl groups is 1. The number of carbonyl (C=O) groups is 1. The van der Waals surface area contributed by atoms with Crippen LogP contribution in [0.5, 0.6) is 17.2 Å². The van der Waals surface area contributed by atoms with Crippen molar-refractivity contribution >= 4 is 12.2 Å². The lowest BCUT2D eigenvalue weighted by Gasteiger charge is -2.40. The van der Waals surface area contributed by atoms with Crippen LogP contribution in [0.2, 0.25) is 0 Å². The van der Waals surface area contributed by atoms with Gasteiger partial charge in [0, 0.05) is 34.0 Å². The van der Waals surface area contributed by atoms with E-state index in [4.69, 9.17) is 19.2 Å². The van der Waals surface area contributed by atoms with Gasteiger partial charge in [-0.2, -0.15) is 0 Å². The smallest absolute Gasteiger partial charge is 0.337 e.